The molecule has 1 aromatic rings. The van der Waals surface area contributed by atoms with Crippen LogP contribution in [0, 0.1) is 0 Å². The first-order valence-electron chi connectivity index (χ1n) is 8.14. The Hall–Kier alpha value is -1.37. The molecule has 2 unspecified atom stereocenters. The number of aliphatic imine (C=N–C) groups is 1. The minimum atomic E-state index is -0.838. The summed E-state index contributed by atoms with van der Waals surface area (Å²) in [6.07, 6.45) is 5.16. The second-order valence-electron chi connectivity index (χ2n) is 7.01. The summed E-state index contributed by atoms with van der Waals surface area (Å²) in [5.74, 6) is 2.05. The van der Waals surface area contributed by atoms with Crippen LogP contribution in [0.5, 0.6) is 0 Å². The van der Waals surface area contributed by atoms with E-state index in [2.05, 4.69) is 26.5 Å². The zero-order valence-electron chi connectivity index (χ0n) is 14.9. The molecule has 130 valence electrons. The fraction of sp³-hybridized carbons (Fsp3) is 0.750. The molecule has 1 N–H and O–H groups in total. The number of rotatable bonds is 4. The van der Waals surface area contributed by atoms with Gasteiger partial charge in [-0.15, -0.1) is 0 Å². The Morgan fingerprint density at radius 3 is 2.83 bits per heavy atom. The van der Waals surface area contributed by atoms with Crippen LogP contribution in [-0.2, 0) is 17.8 Å². The number of aryl methyl sites for hydroxylation is 1. The molecule has 1 aliphatic rings. The summed E-state index contributed by atoms with van der Waals surface area (Å²) in [6, 6.07) is 0. The second kappa shape index (κ2) is 7.47. The van der Waals surface area contributed by atoms with Crippen molar-refractivity contribution in [2.75, 3.05) is 32.4 Å². The number of nitrogens with one attached hydrogen (secondary N) is 1. The molecule has 1 fully saturated rings. The third kappa shape index (κ3) is 4.80. The molecule has 0 radical (unpaired) electrons. The Labute approximate surface area is 141 Å². The lowest BCUT2D eigenvalue weighted by atomic mass is 10.0. The van der Waals surface area contributed by atoms with Crippen LogP contribution in [-0.4, -0.2) is 62.0 Å². The Balaban J connectivity index is 1.84. The maximum atomic E-state index is 12.1. The molecule has 0 aliphatic carbocycles. The molecule has 6 nitrogen and oxygen atoms in total. The van der Waals surface area contributed by atoms with Crippen molar-refractivity contribution in [2.45, 2.75) is 37.9 Å². The number of likely N-dealkylation sites (tertiary alicyclic amines) is 1. The monoisotopic (exact) mass is 339 g/mol. The van der Waals surface area contributed by atoms with Gasteiger partial charge >= 0.3 is 0 Å². The van der Waals surface area contributed by atoms with Crippen LogP contribution in [0.2, 0.25) is 0 Å². The van der Waals surface area contributed by atoms with Gasteiger partial charge in [-0.25, -0.2) is 0 Å². The van der Waals surface area contributed by atoms with Gasteiger partial charge in [0.05, 0.1) is 6.20 Å². The van der Waals surface area contributed by atoms with E-state index in [1.54, 1.807) is 7.05 Å². The third-order valence-corrected chi connectivity index (χ3v) is 6.09. The molecule has 2 heterocycles. The standard InChI is InChI=1S/C16H29N5OS/c1-16(2,3)23(22)9-7-18-15(17-4)21-8-6-13(12-21)14-10-19-20(5)11-14/h10-11,13H,6-9,12H2,1-5H3,(H,17,18). The molecule has 0 spiro atoms. The molecular formula is C16H29N5OS. The highest BCUT2D eigenvalue weighted by Gasteiger charge is 2.27. The number of hydrogen-bond donors (Lipinski definition) is 1. The van der Waals surface area contributed by atoms with Crippen LogP contribution < -0.4 is 5.32 Å². The van der Waals surface area contributed by atoms with Gasteiger partial charge in [0.15, 0.2) is 5.96 Å². The van der Waals surface area contributed by atoms with Gasteiger partial charge in [0, 0.05) is 67.1 Å². The smallest absolute Gasteiger partial charge is 0.193 e. The summed E-state index contributed by atoms with van der Waals surface area (Å²) >= 11 is 0. The quantitative estimate of drug-likeness (QED) is 0.664. The van der Waals surface area contributed by atoms with Crippen LogP contribution in [0.25, 0.3) is 0 Å². The lowest BCUT2D eigenvalue weighted by Crippen LogP contribution is -2.42. The van der Waals surface area contributed by atoms with Crippen molar-refractivity contribution in [3.05, 3.63) is 18.0 Å². The minimum absolute atomic E-state index is 0.162. The maximum Gasteiger partial charge on any atom is 0.193 e. The number of hydrogen-bond acceptors (Lipinski definition) is 3. The molecule has 1 aliphatic heterocycles. The van der Waals surface area contributed by atoms with E-state index in [0.717, 1.165) is 25.5 Å². The maximum absolute atomic E-state index is 12.1. The number of guanidine groups is 1. The molecule has 0 amide bonds. The third-order valence-electron chi connectivity index (χ3n) is 4.15. The molecule has 0 saturated carbocycles. The van der Waals surface area contributed by atoms with Crippen LogP contribution in [0.3, 0.4) is 0 Å². The van der Waals surface area contributed by atoms with Crippen molar-refractivity contribution < 1.29 is 4.21 Å². The van der Waals surface area contributed by atoms with E-state index in [-0.39, 0.29) is 4.75 Å². The molecule has 1 saturated heterocycles. The first kappa shape index (κ1) is 18.0. The summed E-state index contributed by atoms with van der Waals surface area (Å²) in [7, 11) is 2.92. The Morgan fingerprint density at radius 2 is 2.26 bits per heavy atom. The van der Waals surface area contributed by atoms with Crippen LogP contribution >= 0.6 is 0 Å². The normalized spacial score (nSPS) is 20.8. The molecule has 2 atom stereocenters. The molecule has 0 bridgehead atoms. The highest BCUT2D eigenvalue weighted by Crippen LogP contribution is 2.26. The largest absolute Gasteiger partial charge is 0.355 e. The Bertz CT molecular complexity index is 575. The van der Waals surface area contributed by atoms with Gasteiger partial charge in [0.2, 0.25) is 0 Å². The molecule has 1 aromatic heterocycles. The van der Waals surface area contributed by atoms with Crippen molar-refractivity contribution in [1.29, 1.82) is 0 Å². The number of aromatic nitrogens is 2. The van der Waals surface area contributed by atoms with E-state index in [1.165, 1.54) is 5.56 Å². The number of nitrogens with zero attached hydrogens (tertiary/aromatic N) is 4. The molecule has 7 heteroatoms. The highest BCUT2D eigenvalue weighted by atomic mass is 32.2. The lowest BCUT2D eigenvalue weighted by Gasteiger charge is -2.23. The van der Waals surface area contributed by atoms with Gasteiger partial charge in [-0.2, -0.15) is 5.10 Å². The zero-order valence-corrected chi connectivity index (χ0v) is 15.7. The van der Waals surface area contributed by atoms with E-state index in [4.69, 9.17) is 0 Å². The van der Waals surface area contributed by atoms with E-state index in [9.17, 15) is 4.21 Å². The van der Waals surface area contributed by atoms with Crippen molar-refractivity contribution >= 4 is 16.8 Å². The SMILES string of the molecule is CN=C(NCCS(=O)C(C)(C)C)N1CCC(c2cnn(C)c2)C1. The second-order valence-corrected chi connectivity index (χ2v) is 9.34. The topological polar surface area (TPSA) is 62.5 Å². The first-order valence-corrected chi connectivity index (χ1v) is 9.45. The van der Waals surface area contributed by atoms with Crippen molar-refractivity contribution in [1.82, 2.24) is 20.0 Å². The molecular weight excluding hydrogens is 310 g/mol. The van der Waals surface area contributed by atoms with Gasteiger partial charge in [-0.1, -0.05) is 0 Å². The van der Waals surface area contributed by atoms with Crippen molar-refractivity contribution in [3.63, 3.8) is 0 Å². The van der Waals surface area contributed by atoms with Crippen molar-refractivity contribution in [3.8, 4) is 0 Å². The van der Waals surface area contributed by atoms with E-state index in [1.807, 2.05) is 38.7 Å². The molecule has 0 aromatic carbocycles. The van der Waals surface area contributed by atoms with E-state index >= 15 is 0 Å². The summed E-state index contributed by atoms with van der Waals surface area (Å²) < 4.78 is 13.8. The lowest BCUT2D eigenvalue weighted by molar-refractivity contribution is 0.488. The fourth-order valence-electron chi connectivity index (χ4n) is 2.77. The van der Waals surface area contributed by atoms with E-state index < -0.39 is 10.8 Å². The Kier molecular flexibility index (Phi) is 5.84. The zero-order chi connectivity index (χ0) is 17.0. The summed E-state index contributed by atoms with van der Waals surface area (Å²) in [6.45, 7) is 8.66. The van der Waals surface area contributed by atoms with Crippen molar-refractivity contribution in [2.24, 2.45) is 12.0 Å². The Morgan fingerprint density at radius 1 is 1.52 bits per heavy atom. The van der Waals surface area contributed by atoms with Crippen LogP contribution in [0.1, 0.15) is 38.7 Å². The van der Waals surface area contributed by atoms with Gasteiger partial charge in [0.1, 0.15) is 0 Å². The predicted octanol–water partition coefficient (Wildman–Crippen LogP) is 1.33. The van der Waals surface area contributed by atoms with Gasteiger partial charge < -0.3 is 10.2 Å². The highest BCUT2D eigenvalue weighted by molar-refractivity contribution is 7.86. The first-order chi connectivity index (χ1) is 10.8. The average molecular weight is 340 g/mol. The summed E-state index contributed by atoms with van der Waals surface area (Å²) in [5, 5.41) is 7.62. The minimum Gasteiger partial charge on any atom is -0.355 e. The summed E-state index contributed by atoms with van der Waals surface area (Å²) in [4.78, 5) is 6.65. The van der Waals surface area contributed by atoms with E-state index in [0.29, 0.717) is 18.2 Å². The van der Waals surface area contributed by atoms with Crippen LogP contribution in [0.4, 0.5) is 0 Å². The van der Waals surface area contributed by atoms with Gasteiger partial charge in [-0.05, 0) is 32.8 Å². The van der Waals surface area contributed by atoms with Gasteiger partial charge in [-0.3, -0.25) is 13.9 Å². The van der Waals surface area contributed by atoms with Gasteiger partial charge in [0.25, 0.3) is 0 Å². The molecule has 2 rings (SSSR count). The average Bonchev–Trinajstić information content (AvgIpc) is 3.11. The van der Waals surface area contributed by atoms with Crippen LogP contribution in [0.15, 0.2) is 17.4 Å². The molecule has 23 heavy (non-hydrogen) atoms. The predicted molar refractivity (Wildman–Crippen MR) is 96.3 cm³/mol. The summed E-state index contributed by atoms with van der Waals surface area (Å²) in [5.41, 5.74) is 1.29. The fourth-order valence-corrected chi connectivity index (χ4v) is 3.67.